The highest BCUT2D eigenvalue weighted by molar-refractivity contribution is 6.12. The molecule has 3 N–H and O–H groups in total. The molecule has 0 bridgehead atoms. The summed E-state index contributed by atoms with van der Waals surface area (Å²) in [6.07, 6.45) is 0.587. The van der Waals surface area contributed by atoms with Gasteiger partial charge in [-0.25, -0.2) is 0 Å². The van der Waals surface area contributed by atoms with Gasteiger partial charge in [-0.3, -0.25) is 9.59 Å². The van der Waals surface area contributed by atoms with Crippen molar-refractivity contribution in [2.24, 2.45) is 10.2 Å². The number of para-hydroxylation sites is 2. The van der Waals surface area contributed by atoms with E-state index in [1.54, 1.807) is 54.6 Å². The molecule has 0 aliphatic carbocycles. The van der Waals surface area contributed by atoms with Gasteiger partial charge in [0.25, 0.3) is 5.91 Å². The van der Waals surface area contributed by atoms with Crippen LogP contribution in [0.3, 0.4) is 0 Å². The van der Waals surface area contributed by atoms with E-state index in [0.29, 0.717) is 41.2 Å². The molecule has 8 heteroatoms. The monoisotopic (exact) mass is 454 g/mol. The highest BCUT2D eigenvalue weighted by Crippen LogP contribution is 2.40. The lowest BCUT2D eigenvalue weighted by Crippen LogP contribution is -2.13. The Hall–Kier alpha value is -4.72. The van der Waals surface area contributed by atoms with Crippen molar-refractivity contribution in [1.29, 1.82) is 0 Å². The Morgan fingerprint density at radius 2 is 1.74 bits per heavy atom. The normalized spacial score (nSPS) is 10.9. The molecule has 0 fully saturated rings. The third kappa shape index (κ3) is 4.86. The summed E-state index contributed by atoms with van der Waals surface area (Å²) < 4.78 is 5.57. The van der Waals surface area contributed by atoms with Crippen molar-refractivity contribution in [2.75, 3.05) is 17.2 Å². The summed E-state index contributed by atoms with van der Waals surface area (Å²) in [5.41, 5.74) is 1.86. The minimum Gasteiger partial charge on any atom is -0.505 e. The van der Waals surface area contributed by atoms with E-state index < -0.39 is 5.91 Å². The van der Waals surface area contributed by atoms with Crippen molar-refractivity contribution >= 4 is 45.8 Å². The molecule has 0 atom stereocenters. The van der Waals surface area contributed by atoms with Crippen molar-refractivity contribution in [1.82, 2.24) is 0 Å². The van der Waals surface area contributed by atoms with Crippen LogP contribution in [0, 0.1) is 0 Å². The van der Waals surface area contributed by atoms with Crippen LogP contribution in [0.25, 0.3) is 10.8 Å². The van der Waals surface area contributed by atoms with Gasteiger partial charge in [-0.05, 0) is 54.8 Å². The zero-order valence-electron chi connectivity index (χ0n) is 18.4. The van der Waals surface area contributed by atoms with E-state index in [1.165, 1.54) is 0 Å². The van der Waals surface area contributed by atoms with Crippen LogP contribution in [0.1, 0.15) is 17.3 Å². The minimum atomic E-state index is -0.504. The molecule has 0 radical (unpaired) electrons. The number of phenolic OH excluding ortho intramolecular Hbond substituents is 1. The van der Waals surface area contributed by atoms with Crippen molar-refractivity contribution in [3.05, 3.63) is 84.4 Å². The Balaban J connectivity index is 1.71. The highest BCUT2D eigenvalue weighted by atomic mass is 16.5. The van der Waals surface area contributed by atoms with Crippen LogP contribution in [-0.4, -0.2) is 24.0 Å². The fraction of sp³-hybridized carbons (Fsp3) is 0.0769. The van der Waals surface area contributed by atoms with Gasteiger partial charge in [0.15, 0.2) is 5.75 Å². The second kappa shape index (κ2) is 10.3. The molecule has 0 heterocycles. The number of benzene rings is 4. The number of amides is 2. The van der Waals surface area contributed by atoms with Gasteiger partial charge in [0.2, 0.25) is 6.41 Å². The number of nitrogens with zero attached hydrogens (tertiary/aromatic N) is 2. The average molecular weight is 454 g/mol. The molecule has 4 aromatic rings. The quantitative estimate of drug-likeness (QED) is 0.218. The standard InChI is InChI=1S/C26H22N4O4/c1-2-34-23-10-6-5-9-22(23)28-26(33)21-15-17-7-3-4-8-20(17)24(25(21)32)30-29-19-13-11-18(12-14-19)27-16-31/h3-16,32H,2H2,1H3,(H,27,31)(H,28,33)/b30-29+. The predicted molar refractivity (Wildman–Crippen MR) is 131 cm³/mol. The maximum Gasteiger partial charge on any atom is 0.259 e. The van der Waals surface area contributed by atoms with Crippen molar-refractivity contribution < 1.29 is 19.4 Å². The summed E-state index contributed by atoms with van der Waals surface area (Å²) in [5, 5.41) is 26.2. The Morgan fingerprint density at radius 3 is 2.50 bits per heavy atom. The van der Waals surface area contributed by atoms with E-state index in [-0.39, 0.29) is 17.0 Å². The molecule has 0 saturated heterocycles. The Labute approximate surface area is 195 Å². The van der Waals surface area contributed by atoms with Gasteiger partial charge in [-0.1, -0.05) is 36.4 Å². The largest absolute Gasteiger partial charge is 0.505 e. The molecule has 2 amide bonds. The van der Waals surface area contributed by atoms with E-state index in [9.17, 15) is 14.7 Å². The number of hydrogen-bond acceptors (Lipinski definition) is 6. The van der Waals surface area contributed by atoms with Gasteiger partial charge in [-0.2, -0.15) is 5.11 Å². The summed E-state index contributed by atoms with van der Waals surface area (Å²) >= 11 is 0. The number of nitrogens with one attached hydrogen (secondary N) is 2. The van der Waals surface area contributed by atoms with Gasteiger partial charge in [0.05, 0.1) is 23.5 Å². The predicted octanol–water partition coefficient (Wildman–Crippen LogP) is 6.18. The second-order valence-corrected chi connectivity index (χ2v) is 7.23. The van der Waals surface area contributed by atoms with Crippen LogP contribution in [0.5, 0.6) is 11.5 Å². The fourth-order valence-corrected chi connectivity index (χ4v) is 3.43. The van der Waals surface area contributed by atoms with Gasteiger partial charge in [0.1, 0.15) is 11.4 Å². The maximum atomic E-state index is 13.1. The van der Waals surface area contributed by atoms with Crippen LogP contribution in [0.4, 0.5) is 22.7 Å². The third-order valence-corrected chi connectivity index (χ3v) is 5.03. The SMILES string of the molecule is CCOc1ccccc1NC(=O)c1cc2ccccc2c(/N=N/c2ccc(NC=O)cc2)c1O. The summed E-state index contributed by atoms with van der Waals surface area (Å²) in [7, 11) is 0. The maximum absolute atomic E-state index is 13.1. The summed E-state index contributed by atoms with van der Waals surface area (Å²) in [5.74, 6) is -0.254. The van der Waals surface area contributed by atoms with Gasteiger partial charge in [0, 0.05) is 11.1 Å². The summed E-state index contributed by atoms with van der Waals surface area (Å²) in [4.78, 5) is 23.7. The lowest BCUT2D eigenvalue weighted by molar-refractivity contribution is -0.105. The van der Waals surface area contributed by atoms with Crippen LogP contribution >= 0.6 is 0 Å². The molecule has 4 aromatic carbocycles. The van der Waals surface area contributed by atoms with E-state index >= 15 is 0 Å². The summed E-state index contributed by atoms with van der Waals surface area (Å²) in [6, 6.07) is 22.7. The first-order valence-electron chi connectivity index (χ1n) is 10.6. The number of carbonyl (C=O) groups is 2. The van der Waals surface area contributed by atoms with Crippen molar-refractivity contribution in [2.45, 2.75) is 6.92 Å². The third-order valence-electron chi connectivity index (χ3n) is 5.03. The molecule has 0 aliphatic rings. The Kier molecular flexibility index (Phi) is 6.78. The number of anilines is 2. The first-order valence-corrected chi connectivity index (χ1v) is 10.6. The molecule has 0 saturated carbocycles. The number of ether oxygens (including phenoxy) is 1. The zero-order valence-corrected chi connectivity index (χ0v) is 18.4. The molecule has 34 heavy (non-hydrogen) atoms. The topological polar surface area (TPSA) is 112 Å². The molecule has 0 unspecified atom stereocenters. The molecular weight excluding hydrogens is 432 g/mol. The number of hydrogen-bond donors (Lipinski definition) is 3. The highest BCUT2D eigenvalue weighted by Gasteiger charge is 2.19. The zero-order chi connectivity index (χ0) is 23.9. The average Bonchev–Trinajstić information content (AvgIpc) is 2.85. The van der Waals surface area contributed by atoms with E-state index in [1.807, 2.05) is 31.2 Å². The Morgan fingerprint density at radius 1 is 1.00 bits per heavy atom. The lowest BCUT2D eigenvalue weighted by atomic mass is 10.0. The van der Waals surface area contributed by atoms with Crippen LogP contribution in [-0.2, 0) is 4.79 Å². The van der Waals surface area contributed by atoms with Gasteiger partial charge in [-0.15, -0.1) is 5.11 Å². The van der Waals surface area contributed by atoms with Crippen molar-refractivity contribution in [3.63, 3.8) is 0 Å². The summed E-state index contributed by atoms with van der Waals surface area (Å²) in [6.45, 7) is 2.31. The number of azo groups is 1. The number of rotatable bonds is 8. The van der Waals surface area contributed by atoms with Crippen molar-refractivity contribution in [3.8, 4) is 11.5 Å². The number of phenols is 1. The fourth-order valence-electron chi connectivity index (χ4n) is 3.43. The molecule has 170 valence electrons. The number of aromatic hydroxyl groups is 1. The van der Waals surface area contributed by atoms with E-state index in [4.69, 9.17) is 4.74 Å². The smallest absolute Gasteiger partial charge is 0.259 e. The second-order valence-electron chi connectivity index (χ2n) is 7.23. The van der Waals surface area contributed by atoms with Crippen LogP contribution < -0.4 is 15.4 Å². The molecule has 4 rings (SSSR count). The molecule has 8 nitrogen and oxygen atoms in total. The van der Waals surface area contributed by atoms with Crippen LogP contribution in [0.15, 0.2) is 89.1 Å². The molecule has 0 aliphatic heterocycles. The van der Waals surface area contributed by atoms with Gasteiger partial charge < -0.3 is 20.5 Å². The molecule has 0 spiro atoms. The first-order chi connectivity index (χ1) is 16.6. The number of carbonyl (C=O) groups excluding carboxylic acids is 2. The van der Waals surface area contributed by atoms with E-state index in [0.717, 1.165) is 5.39 Å². The Bertz CT molecular complexity index is 1370. The van der Waals surface area contributed by atoms with E-state index in [2.05, 4.69) is 20.9 Å². The van der Waals surface area contributed by atoms with Gasteiger partial charge >= 0.3 is 0 Å². The minimum absolute atomic E-state index is 0.0597. The van der Waals surface area contributed by atoms with Crippen LogP contribution in [0.2, 0.25) is 0 Å². The molecular formula is C26H22N4O4. The lowest BCUT2D eigenvalue weighted by Gasteiger charge is -2.13. The first kappa shape index (κ1) is 22.5. The number of fused-ring (bicyclic) bond motifs is 1. The molecule has 0 aromatic heterocycles.